The molecule has 2 aliphatic rings. The summed E-state index contributed by atoms with van der Waals surface area (Å²) < 4.78 is 31.6. The molecule has 0 saturated carbocycles. The third-order valence-electron chi connectivity index (χ3n) is 6.14. The molecular formula is C24H31F2N5O2S. The van der Waals surface area contributed by atoms with Crippen LogP contribution in [0.5, 0.6) is 5.75 Å². The van der Waals surface area contributed by atoms with Crippen molar-refractivity contribution in [2.75, 3.05) is 25.4 Å². The molecule has 0 unspecified atom stereocenters. The van der Waals surface area contributed by atoms with Gasteiger partial charge in [-0.2, -0.15) is 8.78 Å². The van der Waals surface area contributed by atoms with Crippen molar-refractivity contribution >= 4 is 17.7 Å². The molecule has 184 valence electrons. The zero-order chi connectivity index (χ0) is 23.9. The van der Waals surface area contributed by atoms with Crippen molar-refractivity contribution in [3.8, 4) is 11.4 Å². The van der Waals surface area contributed by atoms with Crippen molar-refractivity contribution in [3.63, 3.8) is 0 Å². The molecule has 0 radical (unpaired) electrons. The highest BCUT2D eigenvalue weighted by molar-refractivity contribution is 7.99. The zero-order valence-electron chi connectivity index (χ0n) is 19.5. The van der Waals surface area contributed by atoms with Gasteiger partial charge >= 0.3 is 6.61 Å². The molecule has 0 spiro atoms. The second-order valence-corrected chi connectivity index (χ2v) is 9.40. The highest BCUT2D eigenvalue weighted by atomic mass is 32.2. The van der Waals surface area contributed by atoms with Gasteiger partial charge in [-0.3, -0.25) is 14.3 Å². The number of carbonyl (C=O) groups excluding carboxylic acids is 1. The number of benzene rings is 1. The summed E-state index contributed by atoms with van der Waals surface area (Å²) in [6.45, 7) is 2.42. The molecule has 1 aliphatic heterocycles. The lowest BCUT2D eigenvalue weighted by Crippen LogP contribution is -2.31. The Bertz CT molecular complexity index is 990. The predicted octanol–water partition coefficient (Wildman–Crippen LogP) is 4.86. The van der Waals surface area contributed by atoms with Gasteiger partial charge < -0.3 is 9.64 Å². The van der Waals surface area contributed by atoms with Crippen molar-refractivity contribution in [2.45, 2.75) is 63.8 Å². The van der Waals surface area contributed by atoms with Gasteiger partial charge in [0.25, 0.3) is 0 Å². The molecule has 1 aliphatic carbocycles. The van der Waals surface area contributed by atoms with Crippen molar-refractivity contribution < 1.29 is 18.3 Å². The average molecular weight is 492 g/mol. The lowest BCUT2D eigenvalue weighted by atomic mass is 10.1. The first-order valence-electron chi connectivity index (χ1n) is 11.9. The van der Waals surface area contributed by atoms with Crippen LogP contribution in [0.25, 0.3) is 5.69 Å². The number of rotatable bonds is 10. The Balaban J connectivity index is 1.54. The molecule has 1 aromatic heterocycles. The minimum absolute atomic E-state index is 0.0495. The first kappa shape index (κ1) is 24.7. The number of hydrogen-bond donors (Lipinski definition) is 0. The van der Waals surface area contributed by atoms with E-state index in [4.69, 9.17) is 0 Å². The number of ether oxygens (including phenoxy) is 1. The Kier molecular flexibility index (Phi) is 8.55. The van der Waals surface area contributed by atoms with E-state index in [0.717, 1.165) is 62.4 Å². The van der Waals surface area contributed by atoms with E-state index < -0.39 is 6.61 Å². The predicted molar refractivity (Wildman–Crippen MR) is 127 cm³/mol. The largest absolute Gasteiger partial charge is 0.435 e. The van der Waals surface area contributed by atoms with Crippen molar-refractivity contribution in [2.24, 2.45) is 0 Å². The van der Waals surface area contributed by atoms with Crippen LogP contribution in [0.3, 0.4) is 0 Å². The van der Waals surface area contributed by atoms with Gasteiger partial charge in [0.15, 0.2) is 11.0 Å². The Hall–Kier alpha value is -2.46. The number of allylic oxidation sites excluding steroid dienone is 2. The molecule has 2 heterocycles. The minimum atomic E-state index is -2.87. The number of likely N-dealkylation sites (tertiary alicyclic amines) is 1. The van der Waals surface area contributed by atoms with Crippen molar-refractivity contribution in [1.82, 2.24) is 24.6 Å². The van der Waals surface area contributed by atoms with Gasteiger partial charge in [-0.05, 0) is 76.4 Å². The minimum Gasteiger partial charge on any atom is -0.435 e. The monoisotopic (exact) mass is 491 g/mol. The highest BCUT2D eigenvalue weighted by Crippen LogP contribution is 2.27. The number of amides is 1. The van der Waals surface area contributed by atoms with Crippen LogP contribution >= 0.6 is 11.8 Å². The molecule has 4 rings (SSSR count). The lowest BCUT2D eigenvalue weighted by molar-refractivity contribution is -0.126. The summed E-state index contributed by atoms with van der Waals surface area (Å²) in [6.07, 6.45) is 8.75. The standard InChI is InChI=1S/C24H31F2N5O2S/c1-2-30(18-8-4-5-9-18)22(32)17-34-24-28-27-21(16-29-14-6-3-7-15-29)31(24)19-10-12-20(13-11-19)33-23(25)26/h8,10-13,23H,2-7,9,14-17H2,1H3. The quantitative estimate of drug-likeness (QED) is 0.442. The summed E-state index contributed by atoms with van der Waals surface area (Å²) in [5.41, 5.74) is 1.86. The normalized spacial score (nSPS) is 16.6. The van der Waals surface area contributed by atoms with Crippen molar-refractivity contribution in [3.05, 3.63) is 41.9 Å². The first-order valence-corrected chi connectivity index (χ1v) is 12.9. The van der Waals surface area contributed by atoms with Gasteiger partial charge in [-0.1, -0.05) is 24.3 Å². The van der Waals surface area contributed by atoms with Crippen LogP contribution in [0, 0.1) is 0 Å². The van der Waals surface area contributed by atoms with Crippen LogP contribution in [0.2, 0.25) is 0 Å². The SMILES string of the molecule is CCN(C(=O)CSc1nnc(CN2CCCCC2)n1-c1ccc(OC(F)F)cc1)C1=CCCC1. The van der Waals surface area contributed by atoms with Gasteiger partial charge in [-0.15, -0.1) is 10.2 Å². The molecule has 0 atom stereocenters. The van der Waals surface area contributed by atoms with E-state index in [9.17, 15) is 13.6 Å². The lowest BCUT2D eigenvalue weighted by Gasteiger charge is -2.26. The van der Waals surface area contributed by atoms with Crippen LogP contribution in [-0.2, 0) is 11.3 Å². The summed E-state index contributed by atoms with van der Waals surface area (Å²) in [6, 6.07) is 6.46. The molecule has 7 nitrogen and oxygen atoms in total. The maximum absolute atomic E-state index is 13.0. The van der Waals surface area contributed by atoms with Gasteiger partial charge in [0.2, 0.25) is 5.91 Å². The highest BCUT2D eigenvalue weighted by Gasteiger charge is 2.22. The summed E-state index contributed by atoms with van der Waals surface area (Å²) >= 11 is 1.35. The molecule has 1 aromatic carbocycles. The van der Waals surface area contributed by atoms with Crippen LogP contribution in [0.15, 0.2) is 41.2 Å². The zero-order valence-corrected chi connectivity index (χ0v) is 20.3. The maximum Gasteiger partial charge on any atom is 0.387 e. The number of piperidine rings is 1. The third kappa shape index (κ3) is 6.15. The molecule has 2 aromatic rings. The summed E-state index contributed by atoms with van der Waals surface area (Å²) in [4.78, 5) is 17.2. The fraction of sp³-hybridized carbons (Fsp3) is 0.542. The van der Waals surface area contributed by atoms with Crippen LogP contribution in [0.4, 0.5) is 8.78 Å². The van der Waals surface area contributed by atoms with E-state index in [1.807, 2.05) is 16.4 Å². The first-order chi connectivity index (χ1) is 16.5. The molecule has 1 amide bonds. The number of alkyl halides is 2. The van der Waals surface area contributed by atoms with Gasteiger partial charge in [0, 0.05) is 17.9 Å². The fourth-order valence-corrected chi connectivity index (χ4v) is 5.34. The Morgan fingerprint density at radius 2 is 1.91 bits per heavy atom. The van der Waals surface area contributed by atoms with Crippen molar-refractivity contribution in [1.29, 1.82) is 0 Å². The van der Waals surface area contributed by atoms with Crippen LogP contribution < -0.4 is 4.74 Å². The summed E-state index contributed by atoms with van der Waals surface area (Å²) in [5.74, 6) is 1.16. The molecule has 0 bridgehead atoms. The number of nitrogens with zero attached hydrogens (tertiary/aromatic N) is 5. The number of hydrogen-bond acceptors (Lipinski definition) is 6. The Labute approximate surface area is 203 Å². The van der Waals surface area contributed by atoms with E-state index in [2.05, 4.69) is 25.9 Å². The molecule has 1 saturated heterocycles. The molecule has 34 heavy (non-hydrogen) atoms. The fourth-order valence-electron chi connectivity index (χ4n) is 4.49. The molecule has 1 fully saturated rings. The second-order valence-electron chi connectivity index (χ2n) is 8.46. The number of thioether (sulfide) groups is 1. The second kappa shape index (κ2) is 11.8. The van der Waals surface area contributed by atoms with E-state index in [0.29, 0.717) is 18.2 Å². The number of aromatic nitrogens is 3. The van der Waals surface area contributed by atoms with E-state index in [-0.39, 0.29) is 17.4 Å². The number of halogens is 2. The van der Waals surface area contributed by atoms with Gasteiger partial charge in [0.05, 0.1) is 12.3 Å². The summed E-state index contributed by atoms with van der Waals surface area (Å²) in [7, 11) is 0. The Morgan fingerprint density at radius 3 is 2.56 bits per heavy atom. The average Bonchev–Trinajstić information content (AvgIpc) is 3.50. The Morgan fingerprint density at radius 1 is 1.15 bits per heavy atom. The van der Waals surface area contributed by atoms with Gasteiger partial charge in [-0.25, -0.2) is 0 Å². The third-order valence-corrected chi connectivity index (χ3v) is 7.05. The van der Waals surface area contributed by atoms with Gasteiger partial charge in [0.1, 0.15) is 5.75 Å². The smallest absolute Gasteiger partial charge is 0.387 e. The molecule has 0 N–H and O–H groups in total. The molecule has 10 heteroatoms. The topological polar surface area (TPSA) is 63.5 Å². The van der Waals surface area contributed by atoms with E-state index >= 15 is 0 Å². The van der Waals surface area contributed by atoms with Crippen LogP contribution in [0.1, 0.15) is 51.3 Å². The van der Waals surface area contributed by atoms with E-state index in [1.165, 1.54) is 30.3 Å². The summed E-state index contributed by atoms with van der Waals surface area (Å²) in [5, 5.41) is 9.45. The maximum atomic E-state index is 13.0. The molecular weight excluding hydrogens is 460 g/mol. The van der Waals surface area contributed by atoms with E-state index in [1.54, 1.807) is 12.1 Å². The van der Waals surface area contributed by atoms with Crippen LogP contribution in [-0.4, -0.2) is 62.5 Å². The number of carbonyl (C=O) groups is 1.